The summed E-state index contributed by atoms with van der Waals surface area (Å²) in [7, 11) is 0. The number of carboxylic acids is 1. The molecule has 6 heteroatoms. The predicted octanol–water partition coefficient (Wildman–Crippen LogP) is 2.77. The van der Waals surface area contributed by atoms with Crippen LogP contribution in [0.25, 0.3) is 23.2 Å². The van der Waals surface area contributed by atoms with Crippen molar-refractivity contribution >= 4 is 29.1 Å². The molecule has 0 atom stereocenters. The molecular formula is C16H12N2O4. The van der Waals surface area contributed by atoms with Crippen molar-refractivity contribution in [2.24, 2.45) is 0 Å². The van der Waals surface area contributed by atoms with E-state index < -0.39 is 5.97 Å². The van der Waals surface area contributed by atoms with Gasteiger partial charge in [0.1, 0.15) is 5.69 Å². The summed E-state index contributed by atoms with van der Waals surface area (Å²) in [6, 6.07) is 7.90. The summed E-state index contributed by atoms with van der Waals surface area (Å²) in [5.41, 5.74) is 1.39. The van der Waals surface area contributed by atoms with Gasteiger partial charge in [0.2, 0.25) is 0 Å². The molecule has 0 bridgehead atoms. The van der Waals surface area contributed by atoms with E-state index in [-0.39, 0.29) is 17.2 Å². The molecule has 0 aliphatic heterocycles. The Bertz CT molecular complexity index is 896. The molecule has 0 unspecified atom stereocenters. The molecule has 0 fully saturated rings. The lowest BCUT2D eigenvalue weighted by molar-refractivity contribution is 0.0690. The number of hydrogen-bond donors (Lipinski definition) is 3. The van der Waals surface area contributed by atoms with E-state index in [1.165, 1.54) is 24.4 Å². The molecule has 0 amide bonds. The van der Waals surface area contributed by atoms with E-state index in [0.717, 1.165) is 10.9 Å². The molecule has 22 heavy (non-hydrogen) atoms. The lowest BCUT2D eigenvalue weighted by Gasteiger charge is -2.01. The molecule has 0 saturated carbocycles. The van der Waals surface area contributed by atoms with E-state index in [4.69, 9.17) is 5.11 Å². The highest BCUT2D eigenvalue weighted by Gasteiger charge is 2.06. The SMILES string of the molecule is O=C(O)c1cc(/C=C/n2ccc3cc(O)c(O)cc32)ccn1. The van der Waals surface area contributed by atoms with E-state index in [1.54, 1.807) is 35.2 Å². The molecule has 0 saturated heterocycles. The van der Waals surface area contributed by atoms with Gasteiger partial charge in [-0.2, -0.15) is 0 Å². The minimum atomic E-state index is -1.08. The number of carboxylic acid groups (broad SMARTS) is 1. The Morgan fingerprint density at radius 3 is 2.68 bits per heavy atom. The zero-order chi connectivity index (χ0) is 15.7. The van der Waals surface area contributed by atoms with Gasteiger partial charge < -0.3 is 19.9 Å². The van der Waals surface area contributed by atoms with E-state index >= 15 is 0 Å². The molecule has 0 spiro atoms. The van der Waals surface area contributed by atoms with Crippen molar-refractivity contribution in [2.75, 3.05) is 0 Å². The number of hydrogen-bond acceptors (Lipinski definition) is 4. The van der Waals surface area contributed by atoms with Gasteiger partial charge in [-0.05, 0) is 35.9 Å². The van der Waals surface area contributed by atoms with Crippen molar-refractivity contribution in [3.8, 4) is 11.5 Å². The topological polar surface area (TPSA) is 95.6 Å². The van der Waals surface area contributed by atoms with Crippen LogP contribution in [0, 0.1) is 0 Å². The van der Waals surface area contributed by atoms with Gasteiger partial charge in [0, 0.05) is 30.0 Å². The summed E-state index contributed by atoms with van der Waals surface area (Å²) in [4.78, 5) is 14.6. The van der Waals surface area contributed by atoms with Gasteiger partial charge in [0.15, 0.2) is 11.5 Å². The van der Waals surface area contributed by atoms with Crippen molar-refractivity contribution in [1.29, 1.82) is 0 Å². The smallest absolute Gasteiger partial charge is 0.354 e. The van der Waals surface area contributed by atoms with Gasteiger partial charge in [-0.25, -0.2) is 9.78 Å². The molecular weight excluding hydrogens is 284 g/mol. The molecule has 6 nitrogen and oxygen atoms in total. The molecule has 0 aliphatic carbocycles. The Morgan fingerprint density at radius 1 is 1.14 bits per heavy atom. The summed E-state index contributed by atoms with van der Waals surface area (Å²) >= 11 is 0. The Hall–Kier alpha value is -3.28. The van der Waals surface area contributed by atoms with Gasteiger partial charge in [0.05, 0.1) is 5.52 Å². The second-order valence-corrected chi connectivity index (χ2v) is 4.72. The number of fused-ring (bicyclic) bond motifs is 1. The number of pyridine rings is 1. The minimum Gasteiger partial charge on any atom is -0.504 e. The van der Waals surface area contributed by atoms with Crippen LogP contribution in [0.5, 0.6) is 11.5 Å². The number of nitrogens with zero attached hydrogens (tertiary/aromatic N) is 2. The number of phenolic OH excluding ortho intramolecular Hbond substituents is 2. The third-order valence-corrected chi connectivity index (χ3v) is 3.25. The van der Waals surface area contributed by atoms with Crippen LogP contribution in [0.3, 0.4) is 0 Å². The first kappa shape index (κ1) is 13.7. The fourth-order valence-corrected chi connectivity index (χ4v) is 2.14. The molecule has 3 aromatic rings. The monoisotopic (exact) mass is 296 g/mol. The minimum absolute atomic E-state index is 0.0259. The maximum atomic E-state index is 10.9. The first-order chi connectivity index (χ1) is 10.5. The number of phenols is 2. The third-order valence-electron chi connectivity index (χ3n) is 3.25. The Labute approximate surface area is 125 Å². The van der Waals surface area contributed by atoms with Gasteiger partial charge in [-0.15, -0.1) is 0 Å². The summed E-state index contributed by atoms with van der Waals surface area (Å²) in [6.45, 7) is 0. The van der Waals surface area contributed by atoms with Crippen LogP contribution < -0.4 is 0 Å². The third kappa shape index (κ3) is 2.49. The quantitative estimate of drug-likeness (QED) is 0.646. The van der Waals surface area contributed by atoms with Crippen LogP contribution in [0.2, 0.25) is 0 Å². The van der Waals surface area contributed by atoms with E-state index in [9.17, 15) is 15.0 Å². The van der Waals surface area contributed by atoms with E-state index in [0.29, 0.717) is 5.56 Å². The van der Waals surface area contributed by atoms with Crippen LogP contribution in [0.15, 0.2) is 42.7 Å². The van der Waals surface area contributed by atoms with Crippen molar-refractivity contribution in [3.05, 3.63) is 54.0 Å². The van der Waals surface area contributed by atoms with Crippen LogP contribution in [-0.2, 0) is 0 Å². The van der Waals surface area contributed by atoms with Gasteiger partial charge in [-0.1, -0.05) is 0 Å². The Balaban J connectivity index is 1.97. The summed E-state index contributed by atoms with van der Waals surface area (Å²) < 4.78 is 1.76. The van der Waals surface area contributed by atoms with Crippen molar-refractivity contribution in [2.45, 2.75) is 0 Å². The van der Waals surface area contributed by atoms with Gasteiger partial charge >= 0.3 is 5.97 Å². The highest BCUT2D eigenvalue weighted by atomic mass is 16.4. The zero-order valence-corrected chi connectivity index (χ0v) is 11.3. The second kappa shape index (κ2) is 5.25. The number of benzene rings is 1. The maximum Gasteiger partial charge on any atom is 0.354 e. The average Bonchev–Trinajstić information content (AvgIpc) is 2.88. The van der Waals surface area contributed by atoms with Gasteiger partial charge in [-0.3, -0.25) is 0 Å². The van der Waals surface area contributed by atoms with Crippen LogP contribution in [0.1, 0.15) is 16.1 Å². The molecule has 3 N–H and O–H groups in total. The molecule has 3 rings (SSSR count). The number of aromatic carboxylic acids is 1. The van der Waals surface area contributed by atoms with Crippen LogP contribution >= 0.6 is 0 Å². The Morgan fingerprint density at radius 2 is 1.91 bits per heavy atom. The van der Waals surface area contributed by atoms with E-state index in [2.05, 4.69) is 4.98 Å². The largest absolute Gasteiger partial charge is 0.504 e. The van der Waals surface area contributed by atoms with Crippen molar-refractivity contribution < 1.29 is 20.1 Å². The molecule has 0 radical (unpaired) electrons. The lowest BCUT2D eigenvalue weighted by atomic mass is 10.2. The molecule has 2 heterocycles. The number of rotatable bonds is 3. The molecule has 0 aliphatic rings. The first-order valence-electron chi connectivity index (χ1n) is 6.44. The summed E-state index contributed by atoms with van der Waals surface area (Å²) in [6.07, 6.45) is 6.68. The van der Waals surface area contributed by atoms with Crippen LogP contribution in [0.4, 0.5) is 0 Å². The highest BCUT2D eigenvalue weighted by molar-refractivity contribution is 5.87. The van der Waals surface area contributed by atoms with Gasteiger partial charge in [0.25, 0.3) is 0 Å². The molecule has 110 valence electrons. The number of aromatic hydroxyl groups is 2. The summed E-state index contributed by atoms with van der Waals surface area (Å²) in [5.74, 6) is -1.45. The first-order valence-corrected chi connectivity index (χ1v) is 6.44. The Kier molecular flexibility index (Phi) is 3.27. The molecule has 1 aromatic carbocycles. The zero-order valence-electron chi connectivity index (χ0n) is 11.3. The van der Waals surface area contributed by atoms with Crippen molar-refractivity contribution in [3.63, 3.8) is 0 Å². The lowest BCUT2D eigenvalue weighted by Crippen LogP contribution is -1.99. The average molecular weight is 296 g/mol. The highest BCUT2D eigenvalue weighted by Crippen LogP contribution is 2.30. The van der Waals surface area contributed by atoms with Crippen LogP contribution in [-0.4, -0.2) is 30.8 Å². The molecule has 2 aromatic heterocycles. The maximum absolute atomic E-state index is 10.9. The normalized spacial score (nSPS) is 11.3. The second-order valence-electron chi connectivity index (χ2n) is 4.72. The van der Waals surface area contributed by atoms with E-state index in [1.807, 2.05) is 0 Å². The fourth-order valence-electron chi connectivity index (χ4n) is 2.14. The number of carbonyl (C=O) groups is 1. The standard InChI is InChI=1S/C16H12N2O4/c19-14-8-11-3-6-18(13(11)9-15(14)20)5-2-10-1-4-17-12(7-10)16(21)22/h1-9,19-20H,(H,21,22)/b5-2+. The predicted molar refractivity (Wildman–Crippen MR) is 81.7 cm³/mol. The van der Waals surface area contributed by atoms with Crippen molar-refractivity contribution in [1.82, 2.24) is 9.55 Å². The number of aromatic nitrogens is 2. The fraction of sp³-hybridized carbons (Fsp3) is 0. The summed E-state index contributed by atoms with van der Waals surface area (Å²) in [5, 5.41) is 28.8.